The molecule has 3 rings (SSSR count). The quantitative estimate of drug-likeness (QED) is 0.536. The maximum absolute atomic E-state index is 14.1. The minimum atomic E-state index is -4.89. The number of hydrogen-bond donors (Lipinski definition) is 1. The summed E-state index contributed by atoms with van der Waals surface area (Å²) in [5, 5.41) is 19.8. The highest BCUT2D eigenvalue weighted by molar-refractivity contribution is 9.10. The Morgan fingerprint density at radius 3 is 2.53 bits per heavy atom. The van der Waals surface area contributed by atoms with Crippen molar-refractivity contribution in [3.63, 3.8) is 0 Å². The fourth-order valence-corrected chi connectivity index (χ4v) is 4.69. The van der Waals surface area contributed by atoms with Gasteiger partial charge in [0.25, 0.3) is 0 Å². The van der Waals surface area contributed by atoms with E-state index in [4.69, 9.17) is 21.6 Å². The Hall–Kier alpha value is -1.75. The molecule has 0 fully saturated rings. The van der Waals surface area contributed by atoms with Crippen molar-refractivity contribution in [2.24, 2.45) is 0 Å². The van der Waals surface area contributed by atoms with Gasteiger partial charge in [-0.1, -0.05) is 47.4 Å². The Kier molecular flexibility index (Phi) is 6.16. The molecule has 3 nitrogen and oxygen atoms in total. The zero-order valence-electron chi connectivity index (χ0n) is 16.4. The van der Waals surface area contributed by atoms with E-state index in [1.54, 1.807) is 19.9 Å². The monoisotopic (exact) mass is 501 g/mol. The molecule has 1 aliphatic heterocycles. The Bertz CT molecular complexity index is 1020. The number of halogens is 5. The first-order valence-corrected chi connectivity index (χ1v) is 10.5. The molecule has 0 radical (unpaired) electrons. The normalized spacial score (nSPS) is 15.8. The third-order valence-electron chi connectivity index (χ3n) is 5.40. The fourth-order valence-electron chi connectivity index (χ4n) is 3.94. The van der Waals surface area contributed by atoms with Gasteiger partial charge in [-0.05, 0) is 47.2 Å². The lowest BCUT2D eigenvalue weighted by Crippen LogP contribution is -2.50. The van der Waals surface area contributed by atoms with Crippen LogP contribution in [-0.2, 0) is 18.3 Å². The van der Waals surface area contributed by atoms with Crippen LogP contribution < -0.4 is 4.74 Å². The molecule has 2 aromatic carbocycles. The van der Waals surface area contributed by atoms with Crippen LogP contribution in [0, 0.1) is 11.3 Å². The number of fused-ring (bicyclic) bond motifs is 1. The summed E-state index contributed by atoms with van der Waals surface area (Å²) in [6.45, 7) is 3.79. The lowest BCUT2D eigenvalue weighted by molar-refractivity contribution is -0.266. The van der Waals surface area contributed by atoms with Crippen molar-refractivity contribution in [3.05, 3.63) is 62.1 Å². The summed E-state index contributed by atoms with van der Waals surface area (Å²) in [5.74, 6) is 0.587. The number of aliphatic hydroxyl groups is 1. The van der Waals surface area contributed by atoms with Gasteiger partial charge in [-0.2, -0.15) is 18.4 Å². The Balaban J connectivity index is 2.00. The lowest BCUT2D eigenvalue weighted by Gasteiger charge is -2.38. The van der Waals surface area contributed by atoms with Crippen LogP contribution in [0.4, 0.5) is 13.2 Å². The molecule has 0 aliphatic carbocycles. The van der Waals surface area contributed by atoms with E-state index in [9.17, 15) is 18.3 Å². The molecule has 0 saturated carbocycles. The van der Waals surface area contributed by atoms with Gasteiger partial charge in [0.05, 0.1) is 18.2 Å². The maximum Gasteiger partial charge on any atom is 0.417 e. The molecule has 0 aromatic heterocycles. The first kappa shape index (κ1) is 22.9. The van der Waals surface area contributed by atoms with E-state index in [0.717, 1.165) is 10.0 Å². The molecule has 0 spiro atoms. The molecule has 1 atom stereocenters. The molecule has 1 N–H and O–H groups in total. The summed E-state index contributed by atoms with van der Waals surface area (Å²) in [4.78, 5) is 0. The first-order valence-electron chi connectivity index (χ1n) is 9.30. The molecule has 1 aliphatic rings. The molecule has 0 saturated heterocycles. The van der Waals surface area contributed by atoms with Gasteiger partial charge in [0.1, 0.15) is 5.75 Å². The number of rotatable bonds is 5. The SMILES string of the molecule is CC(C)(CC(O)(Cc1ccc(C#N)cc1Cl)C(F)(F)F)c1cc(Br)cc2c1OCC2. The van der Waals surface area contributed by atoms with Gasteiger partial charge >= 0.3 is 6.18 Å². The average molecular weight is 503 g/mol. The third-order valence-corrected chi connectivity index (χ3v) is 6.21. The molecule has 2 aromatic rings. The summed E-state index contributed by atoms with van der Waals surface area (Å²) >= 11 is 9.51. The predicted octanol–water partition coefficient (Wildman–Crippen LogP) is 6.11. The summed E-state index contributed by atoms with van der Waals surface area (Å²) in [6.07, 6.45) is -5.52. The summed E-state index contributed by atoms with van der Waals surface area (Å²) in [6, 6.07) is 9.57. The van der Waals surface area contributed by atoms with Crippen LogP contribution in [0.2, 0.25) is 5.02 Å². The van der Waals surface area contributed by atoms with Gasteiger partial charge in [-0.15, -0.1) is 0 Å². The van der Waals surface area contributed by atoms with E-state index in [1.807, 2.05) is 12.1 Å². The smallest absolute Gasteiger partial charge is 0.417 e. The molecule has 0 amide bonds. The predicted molar refractivity (Wildman–Crippen MR) is 112 cm³/mol. The van der Waals surface area contributed by atoms with E-state index in [2.05, 4.69) is 15.9 Å². The van der Waals surface area contributed by atoms with E-state index >= 15 is 0 Å². The molecule has 160 valence electrons. The van der Waals surface area contributed by atoms with Gasteiger partial charge in [0, 0.05) is 27.9 Å². The highest BCUT2D eigenvalue weighted by Gasteiger charge is 2.56. The molecular formula is C22H20BrClF3NO2. The zero-order valence-corrected chi connectivity index (χ0v) is 18.7. The number of ether oxygens (including phenoxy) is 1. The fraction of sp³-hybridized carbons (Fsp3) is 0.409. The van der Waals surface area contributed by atoms with Gasteiger partial charge in [0.2, 0.25) is 0 Å². The first-order chi connectivity index (χ1) is 13.9. The van der Waals surface area contributed by atoms with Crippen LogP contribution in [0.3, 0.4) is 0 Å². The van der Waals surface area contributed by atoms with E-state index < -0.39 is 30.0 Å². The number of alkyl halides is 3. The van der Waals surface area contributed by atoms with Crippen LogP contribution in [0.25, 0.3) is 0 Å². The molecule has 1 heterocycles. The van der Waals surface area contributed by atoms with E-state index in [-0.39, 0.29) is 16.1 Å². The van der Waals surface area contributed by atoms with Gasteiger partial charge < -0.3 is 9.84 Å². The van der Waals surface area contributed by atoms with Crippen molar-refractivity contribution in [1.82, 2.24) is 0 Å². The maximum atomic E-state index is 14.1. The molecule has 30 heavy (non-hydrogen) atoms. The van der Waals surface area contributed by atoms with Crippen molar-refractivity contribution in [1.29, 1.82) is 5.26 Å². The zero-order chi connectivity index (χ0) is 22.3. The highest BCUT2D eigenvalue weighted by Crippen LogP contribution is 2.47. The van der Waals surface area contributed by atoms with Gasteiger partial charge in [-0.25, -0.2) is 0 Å². The third kappa shape index (κ3) is 4.46. The van der Waals surface area contributed by atoms with E-state index in [1.165, 1.54) is 18.2 Å². The molecule has 8 heteroatoms. The molecule has 0 bridgehead atoms. The molecule has 1 unspecified atom stereocenters. The van der Waals surface area contributed by atoms with Crippen molar-refractivity contribution in [3.8, 4) is 11.8 Å². The topological polar surface area (TPSA) is 53.2 Å². The van der Waals surface area contributed by atoms with Crippen molar-refractivity contribution in [2.75, 3.05) is 6.61 Å². The summed E-state index contributed by atoms with van der Waals surface area (Å²) in [5.41, 5.74) is -2.18. The standard InChI is InChI=1S/C22H20BrClF3NO2/c1-20(2,17-9-16(23)8-14-5-6-30-19(14)17)12-21(29,22(25,26)27)10-15-4-3-13(11-28)7-18(15)24/h3-4,7-9,29H,5-6,10,12H2,1-2H3. The summed E-state index contributed by atoms with van der Waals surface area (Å²) in [7, 11) is 0. The number of hydrogen-bond acceptors (Lipinski definition) is 3. The van der Waals surface area contributed by atoms with Crippen LogP contribution in [0.15, 0.2) is 34.8 Å². The van der Waals surface area contributed by atoms with Crippen molar-refractivity contribution < 1.29 is 23.0 Å². The number of benzene rings is 2. The number of nitrogens with zero attached hydrogens (tertiary/aromatic N) is 1. The van der Waals surface area contributed by atoms with Crippen molar-refractivity contribution in [2.45, 2.75) is 50.3 Å². The minimum Gasteiger partial charge on any atom is -0.493 e. The number of nitriles is 1. The largest absolute Gasteiger partial charge is 0.493 e. The van der Waals surface area contributed by atoms with Crippen LogP contribution in [0.5, 0.6) is 5.75 Å². The second-order valence-corrected chi connectivity index (χ2v) is 9.55. The highest BCUT2D eigenvalue weighted by atomic mass is 79.9. The summed E-state index contributed by atoms with van der Waals surface area (Å²) < 4.78 is 48.7. The lowest BCUT2D eigenvalue weighted by atomic mass is 9.72. The van der Waals surface area contributed by atoms with Crippen LogP contribution in [-0.4, -0.2) is 23.5 Å². The van der Waals surface area contributed by atoms with E-state index in [0.29, 0.717) is 24.3 Å². The second kappa shape index (κ2) is 8.07. The Labute approximate surface area is 186 Å². The second-order valence-electron chi connectivity index (χ2n) is 8.22. The average Bonchev–Trinajstić information content (AvgIpc) is 3.09. The van der Waals surface area contributed by atoms with Crippen molar-refractivity contribution >= 4 is 27.5 Å². The van der Waals surface area contributed by atoms with Crippen LogP contribution >= 0.6 is 27.5 Å². The minimum absolute atomic E-state index is 0.0150. The Morgan fingerprint density at radius 2 is 1.93 bits per heavy atom. The van der Waals surface area contributed by atoms with Gasteiger partial charge in [-0.3, -0.25) is 0 Å². The van der Waals surface area contributed by atoms with Crippen LogP contribution in [0.1, 0.15) is 42.5 Å². The molecular weight excluding hydrogens is 483 g/mol. The Morgan fingerprint density at radius 1 is 1.23 bits per heavy atom. The van der Waals surface area contributed by atoms with Gasteiger partial charge in [0.15, 0.2) is 5.60 Å².